The Bertz CT molecular complexity index is 1200. The van der Waals surface area contributed by atoms with Gasteiger partial charge in [-0.05, 0) is 24.3 Å². The molecule has 0 aliphatic heterocycles. The quantitative estimate of drug-likeness (QED) is 0.327. The first-order chi connectivity index (χ1) is 14.6. The second kappa shape index (κ2) is 8.95. The van der Waals surface area contributed by atoms with E-state index in [-0.39, 0.29) is 5.91 Å². The average molecular weight is 435 g/mol. The summed E-state index contributed by atoms with van der Waals surface area (Å²) in [6.07, 6.45) is 3.16. The van der Waals surface area contributed by atoms with Crippen LogP contribution in [-0.4, -0.2) is 21.9 Å². The maximum atomic E-state index is 12.9. The van der Waals surface area contributed by atoms with Crippen molar-refractivity contribution in [1.82, 2.24) is 15.2 Å². The predicted octanol–water partition coefficient (Wildman–Crippen LogP) is 5.61. The number of nitrogens with one attached hydrogen (secondary N) is 1. The third-order valence-corrected chi connectivity index (χ3v) is 4.92. The molecule has 30 heavy (non-hydrogen) atoms. The number of hydrazone groups is 1. The van der Waals surface area contributed by atoms with Crippen molar-refractivity contribution in [2.75, 3.05) is 0 Å². The number of nitrogens with zero attached hydrogens (tertiary/aromatic N) is 3. The molecule has 4 aromatic rings. The Morgan fingerprint density at radius 3 is 2.37 bits per heavy atom. The summed E-state index contributed by atoms with van der Waals surface area (Å²) in [5, 5.41) is 9.64. The van der Waals surface area contributed by atoms with Crippen LogP contribution in [0, 0.1) is 0 Å². The van der Waals surface area contributed by atoms with Crippen molar-refractivity contribution in [1.29, 1.82) is 0 Å². The summed E-state index contributed by atoms with van der Waals surface area (Å²) in [4.78, 5) is 12.9. The molecule has 0 saturated heterocycles. The molecule has 0 spiro atoms. The van der Waals surface area contributed by atoms with Crippen LogP contribution in [0.2, 0.25) is 10.0 Å². The molecule has 5 nitrogen and oxygen atoms in total. The molecule has 1 N–H and O–H groups in total. The molecule has 0 unspecified atom stereocenters. The zero-order valence-corrected chi connectivity index (χ0v) is 17.2. The van der Waals surface area contributed by atoms with Gasteiger partial charge in [-0.15, -0.1) is 0 Å². The highest BCUT2D eigenvalue weighted by atomic mass is 35.5. The molecule has 0 saturated carbocycles. The fraction of sp³-hybridized carbons (Fsp3) is 0. The van der Waals surface area contributed by atoms with Gasteiger partial charge in [0.05, 0.1) is 22.5 Å². The van der Waals surface area contributed by atoms with Gasteiger partial charge in [0.15, 0.2) is 0 Å². The highest BCUT2D eigenvalue weighted by Crippen LogP contribution is 2.24. The maximum Gasteiger partial charge on any atom is 0.275 e. The van der Waals surface area contributed by atoms with Gasteiger partial charge < -0.3 is 0 Å². The topological polar surface area (TPSA) is 59.3 Å². The van der Waals surface area contributed by atoms with Crippen LogP contribution >= 0.6 is 23.2 Å². The van der Waals surface area contributed by atoms with Crippen molar-refractivity contribution in [2.45, 2.75) is 0 Å². The SMILES string of the molecule is O=C(N/N=C/c1ccc(Cl)cc1Cl)c1cn(-c2ccccc2)nc1-c1ccccc1. The molecule has 0 radical (unpaired) electrons. The van der Waals surface area contributed by atoms with Gasteiger partial charge >= 0.3 is 0 Å². The molecule has 3 aromatic carbocycles. The molecule has 0 aliphatic carbocycles. The van der Waals surface area contributed by atoms with Crippen molar-refractivity contribution < 1.29 is 4.79 Å². The van der Waals surface area contributed by atoms with Gasteiger partial charge in [-0.3, -0.25) is 4.79 Å². The van der Waals surface area contributed by atoms with Crippen LogP contribution in [0.25, 0.3) is 16.9 Å². The summed E-state index contributed by atoms with van der Waals surface area (Å²) in [5.74, 6) is -0.377. The van der Waals surface area contributed by atoms with Crippen LogP contribution in [0.4, 0.5) is 0 Å². The van der Waals surface area contributed by atoms with Crippen LogP contribution in [0.15, 0.2) is 90.2 Å². The molecule has 0 aliphatic rings. The fourth-order valence-electron chi connectivity index (χ4n) is 2.89. The summed E-state index contributed by atoms with van der Waals surface area (Å²) in [5.41, 5.74) is 5.85. The highest BCUT2D eigenvalue weighted by Gasteiger charge is 2.18. The largest absolute Gasteiger partial charge is 0.275 e. The zero-order valence-electron chi connectivity index (χ0n) is 15.7. The summed E-state index contributed by atoms with van der Waals surface area (Å²) < 4.78 is 1.68. The Hall–Kier alpha value is -3.41. The molecule has 0 atom stereocenters. The Kier molecular flexibility index (Phi) is 5.93. The molecule has 0 bridgehead atoms. The summed E-state index contributed by atoms with van der Waals surface area (Å²) in [6, 6.07) is 24.2. The first kappa shape index (κ1) is 19.9. The van der Waals surface area contributed by atoms with Gasteiger partial charge in [-0.25, -0.2) is 10.1 Å². The minimum atomic E-state index is -0.377. The van der Waals surface area contributed by atoms with Gasteiger partial charge in [0, 0.05) is 22.3 Å². The number of amides is 1. The molecule has 7 heteroatoms. The van der Waals surface area contributed by atoms with Crippen molar-refractivity contribution in [3.8, 4) is 16.9 Å². The number of para-hydroxylation sites is 1. The first-order valence-electron chi connectivity index (χ1n) is 9.11. The third kappa shape index (κ3) is 4.43. The Morgan fingerprint density at radius 1 is 0.967 bits per heavy atom. The highest BCUT2D eigenvalue weighted by molar-refractivity contribution is 6.36. The summed E-state index contributed by atoms with van der Waals surface area (Å²) >= 11 is 12.0. The molecule has 0 fully saturated rings. The molecule has 1 amide bonds. The summed E-state index contributed by atoms with van der Waals surface area (Å²) in [7, 11) is 0. The van der Waals surface area contributed by atoms with E-state index in [0.717, 1.165) is 11.3 Å². The van der Waals surface area contributed by atoms with Gasteiger partial charge in [-0.2, -0.15) is 10.2 Å². The Labute approximate surface area is 183 Å². The van der Waals surface area contributed by atoms with Crippen LogP contribution in [0.1, 0.15) is 15.9 Å². The standard InChI is InChI=1S/C23H16Cl2N4O/c24-18-12-11-17(21(25)13-18)14-26-27-23(30)20-15-29(19-9-5-2-6-10-19)28-22(20)16-7-3-1-4-8-16/h1-15H,(H,27,30)/b26-14+. The Balaban J connectivity index is 1.64. The predicted molar refractivity (Wildman–Crippen MR) is 121 cm³/mol. The van der Waals surface area contributed by atoms with Crippen molar-refractivity contribution >= 4 is 35.3 Å². The molecule has 1 aromatic heterocycles. The number of carbonyl (C=O) groups is 1. The smallest absolute Gasteiger partial charge is 0.267 e. The maximum absolute atomic E-state index is 12.9. The van der Waals surface area contributed by atoms with Crippen LogP contribution in [0.3, 0.4) is 0 Å². The first-order valence-corrected chi connectivity index (χ1v) is 9.86. The van der Waals surface area contributed by atoms with Gasteiger partial charge in [0.25, 0.3) is 5.91 Å². The molecular weight excluding hydrogens is 419 g/mol. The van der Waals surface area contributed by atoms with Crippen LogP contribution < -0.4 is 5.43 Å². The van der Waals surface area contributed by atoms with Crippen LogP contribution in [0.5, 0.6) is 0 Å². The van der Waals surface area contributed by atoms with Gasteiger partial charge in [0.1, 0.15) is 5.69 Å². The number of hydrogen-bond donors (Lipinski definition) is 1. The van der Waals surface area contributed by atoms with E-state index in [9.17, 15) is 4.79 Å². The normalized spacial score (nSPS) is 11.0. The van der Waals surface area contributed by atoms with E-state index in [0.29, 0.717) is 26.9 Å². The van der Waals surface area contributed by atoms with E-state index < -0.39 is 0 Å². The second-order valence-electron chi connectivity index (χ2n) is 6.40. The lowest BCUT2D eigenvalue weighted by Gasteiger charge is -2.02. The number of rotatable bonds is 5. The molecule has 4 rings (SSSR count). The van der Waals surface area contributed by atoms with E-state index in [1.165, 1.54) is 6.21 Å². The van der Waals surface area contributed by atoms with E-state index >= 15 is 0 Å². The lowest BCUT2D eigenvalue weighted by Crippen LogP contribution is -2.18. The minimum Gasteiger partial charge on any atom is -0.267 e. The van der Waals surface area contributed by atoms with Crippen molar-refractivity contribution in [3.63, 3.8) is 0 Å². The lowest BCUT2D eigenvalue weighted by atomic mass is 10.1. The summed E-state index contributed by atoms with van der Waals surface area (Å²) in [6.45, 7) is 0. The fourth-order valence-corrected chi connectivity index (χ4v) is 3.35. The average Bonchev–Trinajstić information content (AvgIpc) is 3.22. The Morgan fingerprint density at radius 2 is 1.67 bits per heavy atom. The van der Waals surface area contributed by atoms with E-state index in [1.54, 1.807) is 29.1 Å². The van der Waals surface area contributed by atoms with E-state index in [1.807, 2.05) is 60.7 Å². The monoisotopic (exact) mass is 434 g/mol. The number of halogens is 2. The third-order valence-electron chi connectivity index (χ3n) is 4.36. The van der Waals surface area contributed by atoms with Crippen molar-refractivity contribution in [3.05, 3.63) is 106 Å². The zero-order chi connectivity index (χ0) is 20.9. The van der Waals surface area contributed by atoms with Crippen LogP contribution in [-0.2, 0) is 0 Å². The van der Waals surface area contributed by atoms with E-state index in [4.69, 9.17) is 23.2 Å². The van der Waals surface area contributed by atoms with Gasteiger partial charge in [0.2, 0.25) is 0 Å². The number of hydrogen-bond acceptors (Lipinski definition) is 3. The molecule has 148 valence electrons. The lowest BCUT2D eigenvalue weighted by molar-refractivity contribution is 0.0955. The number of aromatic nitrogens is 2. The number of benzene rings is 3. The molecule has 1 heterocycles. The molecular formula is C23H16Cl2N4O. The number of carbonyl (C=O) groups excluding carboxylic acids is 1. The van der Waals surface area contributed by atoms with Crippen molar-refractivity contribution in [2.24, 2.45) is 5.10 Å². The minimum absolute atomic E-state index is 0.377. The van der Waals surface area contributed by atoms with Gasteiger partial charge in [-0.1, -0.05) is 77.8 Å². The second-order valence-corrected chi connectivity index (χ2v) is 7.25. The van der Waals surface area contributed by atoms with E-state index in [2.05, 4.69) is 15.6 Å².